The normalized spacial score (nSPS) is 13.7. The van der Waals surface area contributed by atoms with Crippen molar-refractivity contribution in [3.05, 3.63) is 120 Å². The van der Waals surface area contributed by atoms with Crippen molar-refractivity contribution in [2.75, 3.05) is 0 Å². The second-order valence-corrected chi connectivity index (χ2v) is 9.92. The van der Waals surface area contributed by atoms with E-state index in [1.54, 1.807) is 0 Å². The molecule has 1 aliphatic heterocycles. The van der Waals surface area contributed by atoms with Crippen molar-refractivity contribution >= 4 is 21.8 Å². The molecule has 0 unspecified atom stereocenters. The molecule has 0 bridgehead atoms. The lowest BCUT2D eigenvalue weighted by Crippen LogP contribution is -2.24. The highest BCUT2D eigenvalue weighted by Gasteiger charge is 2.33. The molecule has 1 aliphatic rings. The molecule has 0 radical (unpaired) electrons. The summed E-state index contributed by atoms with van der Waals surface area (Å²) in [6.45, 7) is 4.52. The summed E-state index contributed by atoms with van der Waals surface area (Å²) in [7, 11) is 0. The van der Waals surface area contributed by atoms with E-state index < -0.39 is 0 Å². The van der Waals surface area contributed by atoms with Gasteiger partial charge in [-0.2, -0.15) is 0 Å². The van der Waals surface area contributed by atoms with E-state index in [0.717, 1.165) is 55.7 Å². The minimum absolute atomic E-state index is 0.104. The Balaban J connectivity index is 1.25. The average Bonchev–Trinajstić information content (AvgIpc) is 2.92. The fraction of sp³-hybridized carbons (Fsp3) is 0.0909. The summed E-state index contributed by atoms with van der Waals surface area (Å²) in [5, 5.41) is 2.20. The summed E-state index contributed by atoms with van der Waals surface area (Å²) in [4.78, 5) is 9.57. The molecule has 4 aromatic carbocycles. The largest absolute Gasteiger partial charge is 0.457 e. The smallest absolute Gasteiger partial charge is 0.132 e. The lowest BCUT2D eigenvalue weighted by Gasteiger charge is -2.34. The Bertz CT molecular complexity index is 1780. The number of benzene rings is 4. The Morgan fingerprint density at radius 2 is 1.28 bits per heavy atom. The lowest BCUT2D eigenvalue weighted by atomic mass is 9.75. The first-order valence-electron chi connectivity index (χ1n) is 12.3. The highest BCUT2D eigenvalue weighted by atomic mass is 16.5. The van der Waals surface area contributed by atoms with Gasteiger partial charge in [0.25, 0.3) is 0 Å². The maximum Gasteiger partial charge on any atom is 0.132 e. The predicted octanol–water partition coefficient (Wildman–Crippen LogP) is 8.55. The average molecular weight is 465 g/mol. The van der Waals surface area contributed by atoms with Crippen LogP contribution in [0, 0.1) is 0 Å². The third-order valence-electron chi connectivity index (χ3n) is 7.38. The molecule has 0 saturated carbocycles. The first-order chi connectivity index (χ1) is 17.6. The van der Waals surface area contributed by atoms with Crippen LogP contribution in [-0.2, 0) is 5.41 Å². The van der Waals surface area contributed by atoms with Gasteiger partial charge in [0.2, 0.25) is 0 Å². The molecule has 36 heavy (non-hydrogen) atoms. The summed E-state index contributed by atoms with van der Waals surface area (Å²) < 4.78 is 6.33. The molecule has 0 N–H and O–H groups in total. The number of para-hydroxylation sites is 1. The highest BCUT2D eigenvalue weighted by molar-refractivity contribution is 6.03. The SMILES string of the molecule is CC1(C)c2ccccc2Oc2cc(-c3ccc(-c4ccc5ccc6cccnc6c5n4)cc3)ccc21. The van der Waals surface area contributed by atoms with E-state index in [4.69, 9.17) is 9.72 Å². The molecule has 0 spiro atoms. The molecule has 0 amide bonds. The summed E-state index contributed by atoms with van der Waals surface area (Å²) in [5.74, 6) is 1.86. The van der Waals surface area contributed by atoms with Crippen molar-refractivity contribution in [3.63, 3.8) is 0 Å². The van der Waals surface area contributed by atoms with Crippen molar-refractivity contribution in [2.45, 2.75) is 19.3 Å². The molecule has 3 nitrogen and oxygen atoms in total. The van der Waals surface area contributed by atoms with Gasteiger partial charge in [-0.1, -0.05) is 92.7 Å². The van der Waals surface area contributed by atoms with E-state index in [1.807, 2.05) is 18.3 Å². The van der Waals surface area contributed by atoms with Gasteiger partial charge in [0, 0.05) is 39.1 Å². The number of rotatable bonds is 2. The van der Waals surface area contributed by atoms with E-state index in [2.05, 4.69) is 110 Å². The van der Waals surface area contributed by atoms with E-state index in [9.17, 15) is 0 Å². The Kier molecular flexibility index (Phi) is 4.49. The van der Waals surface area contributed by atoms with Gasteiger partial charge in [0.15, 0.2) is 0 Å². The van der Waals surface area contributed by atoms with Crippen molar-refractivity contribution < 1.29 is 4.74 Å². The molecule has 7 rings (SSSR count). The van der Waals surface area contributed by atoms with Crippen LogP contribution < -0.4 is 4.74 Å². The molecule has 3 heterocycles. The minimum atomic E-state index is -0.104. The summed E-state index contributed by atoms with van der Waals surface area (Å²) in [5.41, 5.74) is 8.51. The third-order valence-corrected chi connectivity index (χ3v) is 7.38. The Morgan fingerprint density at radius 3 is 2.14 bits per heavy atom. The molecular weight excluding hydrogens is 440 g/mol. The summed E-state index contributed by atoms with van der Waals surface area (Å²) in [6.07, 6.45) is 1.83. The number of hydrogen-bond donors (Lipinski definition) is 0. The van der Waals surface area contributed by atoms with Crippen LogP contribution >= 0.6 is 0 Å². The Labute approximate surface area is 210 Å². The Hall–Kier alpha value is -4.50. The number of nitrogens with zero attached hydrogens (tertiary/aromatic N) is 2. The second-order valence-electron chi connectivity index (χ2n) is 9.92. The molecule has 172 valence electrons. The highest BCUT2D eigenvalue weighted by Crippen LogP contribution is 2.48. The van der Waals surface area contributed by atoms with Crippen LogP contribution in [0.5, 0.6) is 11.5 Å². The number of hydrogen-bond acceptors (Lipinski definition) is 3. The van der Waals surface area contributed by atoms with Gasteiger partial charge < -0.3 is 4.74 Å². The molecule has 0 atom stereocenters. The Morgan fingerprint density at radius 1 is 0.583 bits per heavy atom. The van der Waals surface area contributed by atoms with Crippen molar-refractivity contribution in [1.82, 2.24) is 9.97 Å². The fourth-order valence-electron chi connectivity index (χ4n) is 5.36. The monoisotopic (exact) mass is 464 g/mol. The van der Waals surface area contributed by atoms with Crippen LogP contribution in [0.4, 0.5) is 0 Å². The number of pyridine rings is 2. The van der Waals surface area contributed by atoms with Crippen LogP contribution in [0.3, 0.4) is 0 Å². The zero-order valence-corrected chi connectivity index (χ0v) is 20.2. The third kappa shape index (κ3) is 3.20. The second kappa shape index (κ2) is 7.76. The van der Waals surface area contributed by atoms with Crippen molar-refractivity contribution in [1.29, 1.82) is 0 Å². The summed E-state index contributed by atoms with van der Waals surface area (Å²) >= 11 is 0. The zero-order valence-electron chi connectivity index (χ0n) is 20.2. The molecule has 0 aliphatic carbocycles. The first-order valence-corrected chi connectivity index (χ1v) is 12.3. The topological polar surface area (TPSA) is 35.0 Å². The molecule has 0 fully saturated rings. The van der Waals surface area contributed by atoms with Crippen LogP contribution in [0.25, 0.3) is 44.2 Å². The summed E-state index contributed by atoms with van der Waals surface area (Å²) in [6, 6.07) is 35.9. The molecule has 6 aromatic rings. The maximum atomic E-state index is 6.33. The van der Waals surface area contributed by atoms with Gasteiger partial charge >= 0.3 is 0 Å². The van der Waals surface area contributed by atoms with Crippen molar-refractivity contribution in [2.24, 2.45) is 0 Å². The first kappa shape index (κ1) is 20.8. The quantitative estimate of drug-likeness (QED) is 0.241. The minimum Gasteiger partial charge on any atom is -0.457 e. The molecular formula is C33H24N2O. The van der Waals surface area contributed by atoms with E-state index >= 15 is 0 Å². The molecule has 2 aromatic heterocycles. The number of fused-ring (bicyclic) bond motifs is 5. The maximum absolute atomic E-state index is 6.33. The van der Waals surface area contributed by atoms with Crippen LogP contribution in [0.1, 0.15) is 25.0 Å². The van der Waals surface area contributed by atoms with Crippen molar-refractivity contribution in [3.8, 4) is 33.9 Å². The van der Waals surface area contributed by atoms with Crippen LogP contribution in [0.2, 0.25) is 0 Å². The van der Waals surface area contributed by atoms with Crippen LogP contribution in [-0.4, -0.2) is 9.97 Å². The zero-order chi connectivity index (χ0) is 24.3. The van der Waals surface area contributed by atoms with Gasteiger partial charge in [0.1, 0.15) is 11.5 Å². The van der Waals surface area contributed by atoms with Crippen LogP contribution in [0.15, 0.2) is 109 Å². The number of aromatic nitrogens is 2. The fourth-order valence-corrected chi connectivity index (χ4v) is 5.36. The molecule has 3 heteroatoms. The van der Waals surface area contributed by atoms with E-state index in [-0.39, 0.29) is 5.41 Å². The van der Waals surface area contributed by atoms with E-state index in [0.29, 0.717) is 0 Å². The van der Waals surface area contributed by atoms with Gasteiger partial charge in [-0.3, -0.25) is 4.98 Å². The predicted molar refractivity (Wildman–Crippen MR) is 147 cm³/mol. The van der Waals surface area contributed by atoms with Gasteiger partial charge in [-0.05, 0) is 35.4 Å². The van der Waals surface area contributed by atoms with Gasteiger partial charge in [-0.25, -0.2) is 4.98 Å². The van der Waals surface area contributed by atoms with E-state index in [1.165, 1.54) is 11.1 Å². The molecule has 0 saturated heterocycles. The van der Waals surface area contributed by atoms with Gasteiger partial charge in [0.05, 0.1) is 16.7 Å². The standard InChI is InChI=1S/C33H24N2O/c1-33(2)26-7-3-4-8-29(26)36-30-20-25(15-17-27(30)33)21-9-11-22(12-10-21)28-18-16-24-14-13-23-6-5-19-34-31(23)32(24)35-28/h3-20H,1-2H3. The lowest BCUT2D eigenvalue weighted by molar-refractivity contribution is 0.418. The number of ether oxygens (including phenoxy) is 1. The van der Waals surface area contributed by atoms with Gasteiger partial charge in [-0.15, -0.1) is 0 Å².